The maximum Gasteiger partial charge on any atom is 0.434 e. The van der Waals surface area contributed by atoms with Gasteiger partial charge in [0.15, 0.2) is 16.5 Å². The topological polar surface area (TPSA) is 177 Å². The Hall–Kier alpha value is -4.61. The highest BCUT2D eigenvalue weighted by molar-refractivity contribution is 7.91. The quantitative estimate of drug-likeness (QED) is 0.253. The number of urea groups is 1. The molecule has 2 saturated carbocycles. The average Bonchev–Trinajstić information content (AvgIpc) is 3.87. The summed E-state index contributed by atoms with van der Waals surface area (Å²) in [5, 5.41) is 5.56. The first-order valence-electron chi connectivity index (χ1n) is 17.6. The van der Waals surface area contributed by atoms with Crippen molar-refractivity contribution in [1.82, 2.24) is 39.8 Å². The number of fused-ring (bicyclic) bond motifs is 2. The normalized spacial score (nSPS) is 26.1. The molecule has 3 aromatic rings. The molecule has 0 bridgehead atoms. The number of sulfonamides is 1. The molecule has 3 aromatic heterocycles. The van der Waals surface area contributed by atoms with Gasteiger partial charge < -0.3 is 19.9 Å². The third kappa shape index (κ3) is 7.91. The van der Waals surface area contributed by atoms with Crippen LogP contribution in [0.25, 0.3) is 21.5 Å². The van der Waals surface area contributed by atoms with Gasteiger partial charge in [-0.15, -0.1) is 29.1 Å². The molecule has 0 spiro atoms. The molecule has 2 aliphatic carbocycles. The molecule has 4 amide bonds. The Morgan fingerprint density at radius 1 is 1.11 bits per heavy atom. The number of hydrogen-bond acceptors (Lipinski definition) is 12. The highest BCUT2D eigenvalue weighted by Crippen LogP contribution is 2.47. The molecule has 55 heavy (non-hydrogen) atoms. The van der Waals surface area contributed by atoms with Crippen molar-refractivity contribution < 1.29 is 40.7 Å². The van der Waals surface area contributed by atoms with Gasteiger partial charge in [-0.05, 0) is 51.4 Å². The van der Waals surface area contributed by atoms with Crippen LogP contribution >= 0.6 is 22.7 Å². The Kier molecular flexibility index (Phi) is 10.2. The van der Waals surface area contributed by atoms with Crippen LogP contribution in [-0.2, 0) is 25.8 Å². The number of terminal acetylenes is 1. The van der Waals surface area contributed by atoms with Crippen LogP contribution in [0.15, 0.2) is 29.0 Å². The molecule has 7 rings (SSSR count). The number of allylic oxidation sites excluding steroid dienone is 1. The fourth-order valence-electron chi connectivity index (χ4n) is 6.60. The summed E-state index contributed by atoms with van der Waals surface area (Å²) in [4.78, 5) is 61.7. The van der Waals surface area contributed by atoms with Crippen LogP contribution in [0.5, 0.6) is 5.88 Å². The fraction of sp³-hybridized carbons (Fsp3) is 0.514. The van der Waals surface area contributed by atoms with E-state index in [-0.39, 0.29) is 48.2 Å². The van der Waals surface area contributed by atoms with Gasteiger partial charge in [0.25, 0.3) is 5.91 Å². The molecule has 0 radical (unpaired) electrons. The van der Waals surface area contributed by atoms with Crippen LogP contribution in [-0.4, -0.2) is 98.6 Å². The van der Waals surface area contributed by atoms with E-state index in [9.17, 15) is 36.0 Å². The van der Waals surface area contributed by atoms with Crippen molar-refractivity contribution in [3.8, 4) is 39.8 Å². The van der Waals surface area contributed by atoms with E-state index in [1.807, 2.05) is 12.2 Å². The first kappa shape index (κ1) is 38.7. The number of hydrogen-bond donors (Lipinski definition) is 2. The lowest BCUT2D eigenvalue weighted by atomic mass is 9.97. The number of piperidine rings is 1. The fourth-order valence-corrected chi connectivity index (χ4v) is 9.39. The molecule has 1 saturated heterocycles. The molecule has 3 fully saturated rings. The predicted octanol–water partition coefficient (Wildman–Crippen LogP) is 4.60. The third-order valence-corrected chi connectivity index (χ3v) is 14.2. The summed E-state index contributed by atoms with van der Waals surface area (Å²) >= 11 is 1.87. The minimum Gasteiger partial charge on any atom is -0.474 e. The Morgan fingerprint density at radius 3 is 2.56 bits per heavy atom. The molecular weight excluding hydrogens is 782 g/mol. The zero-order valence-electron chi connectivity index (χ0n) is 29.8. The number of nitrogens with one attached hydrogen (secondary N) is 2. The van der Waals surface area contributed by atoms with Crippen molar-refractivity contribution in [2.45, 2.75) is 86.9 Å². The molecular formula is C35H37F3N8O6S3. The zero-order valence-corrected chi connectivity index (χ0v) is 32.2. The molecule has 4 atom stereocenters. The minimum atomic E-state index is -4.69. The molecule has 5 heterocycles. The maximum atomic E-state index is 14.3. The maximum absolute atomic E-state index is 14.3. The number of carbonyl (C=O) groups is 3. The number of nitrogens with zero attached hydrogens (tertiary/aromatic N) is 6. The van der Waals surface area contributed by atoms with E-state index in [4.69, 9.17) is 11.2 Å². The molecule has 0 aromatic carbocycles. The van der Waals surface area contributed by atoms with Gasteiger partial charge in [-0.3, -0.25) is 14.3 Å². The monoisotopic (exact) mass is 818 g/mol. The van der Waals surface area contributed by atoms with Gasteiger partial charge >= 0.3 is 12.2 Å². The van der Waals surface area contributed by atoms with Gasteiger partial charge in [0.05, 0.1) is 4.75 Å². The van der Waals surface area contributed by atoms with E-state index < -0.39 is 68.1 Å². The Labute approximate surface area is 323 Å². The van der Waals surface area contributed by atoms with Crippen molar-refractivity contribution in [2.75, 3.05) is 20.1 Å². The molecule has 20 heteroatoms. The molecule has 14 nitrogen and oxygen atoms in total. The van der Waals surface area contributed by atoms with E-state index in [0.29, 0.717) is 54.3 Å². The summed E-state index contributed by atoms with van der Waals surface area (Å²) in [5.41, 5.74) is -2.10. The van der Waals surface area contributed by atoms with E-state index >= 15 is 0 Å². The van der Waals surface area contributed by atoms with Crippen LogP contribution < -0.4 is 14.8 Å². The van der Waals surface area contributed by atoms with Gasteiger partial charge in [0.1, 0.15) is 34.1 Å². The van der Waals surface area contributed by atoms with Crippen LogP contribution in [0, 0.1) is 18.3 Å². The standard InChI is InChI=1S/C35H37F3N8O6S3/c1-4-21-18-53-29(39-21)23-16-26(42-27(40-23)30-41-25(19-54-30)35(36,37)38)52-22-10-14-46-24(15-22)28(47)43-34(31(48)44-55(50,51)33(2)11-12-33)17-20(34)9-7-5-6-8-13-45(3)32(46)49/h1,7,9,16,18-20,22,24H,5-6,8,10-15,17H2,2-3H3,(H,43,47)(H,44,48)/b9-7+/t20-,22-,24-,34-/m0/s1. The van der Waals surface area contributed by atoms with Crippen molar-refractivity contribution in [3.63, 3.8) is 0 Å². The summed E-state index contributed by atoms with van der Waals surface area (Å²) in [5.74, 6) is 0.282. The van der Waals surface area contributed by atoms with Crippen molar-refractivity contribution in [2.24, 2.45) is 5.92 Å². The highest BCUT2D eigenvalue weighted by atomic mass is 32.2. The largest absolute Gasteiger partial charge is 0.474 e. The SMILES string of the molecule is C#Cc1csc(-c2cc(O[C@H]3CCN4C(=O)N(C)CCCC/C=C/[C@H]5C[C@]5(C(=O)NS(=O)(=O)C5(C)CC5)NC(=O)[C@@H]4C3)nc(-c3nc(C(F)(F)F)cs3)n2)n1. The Morgan fingerprint density at radius 2 is 1.87 bits per heavy atom. The van der Waals surface area contributed by atoms with Crippen molar-refractivity contribution in [1.29, 1.82) is 0 Å². The number of rotatable bonds is 7. The van der Waals surface area contributed by atoms with Crippen LogP contribution in [0.1, 0.15) is 69.7 Å². The number of carbonyl (C=O) groups excluding carboxylic acids is 3. The average molecular weight is 819 g/mol. The summed E-state index contributed by atoms with van der Waals surface area (Å²) in [6, 6.07) is -0.0818. The second kappa shape index (κ2) is 14.5. The van der Waals surface area contributed by atoms with Gasteiger partial charge in [-0.2, -0.15) is 18.2 Å². The van der Waals surface area contributed by atoms with Crippen LogP contribution in [0.4, 0.5) is 18.0 Å². The van der Waals surface area contributed by atoms with Gasteiger partial charge in [0, 0.05) is 55.7 Å². The summed E-state index contributed by atoms with van der Waals surface area (Å²) in [6.07, 6.45) is 7.15. The van der Waals surface area contributed by atoms with E-state index in [1.54, 1.807) is 19.4 Å². The number of ether oxygens (including phenoxy) is 1. The first-order valence-corrected chi connectivity index (χ1v) is 20.8. The number of amides is 4. The van der Waals surface area contributed by atoms with E-state index in [2.05, 4.69) is 35.9 Å². The van der Waals surface area contributed by atoms with Gasteiger partial charge in [0.2, 0.25) is 21.8 Å². The third-order valence-electron chi connectivity index (χ3n) is 10.4. The number of aromatic nitrogens is 4. The van der Waals surface area contributed by atoms with Gasteiger partial charge in [-0.25, -0.2) is 28.2 Å². The molecule has 2 aliphatic heterocycles. The second-order valence-corrected chi connectivity index (χ2v) is 18.3. The predicted molar refractivity (Wildman–Crippen MR) is 196 cm³/mol. The summed E-state index contributed by atoms with van der Waals surface area (Å²) in [7, 11) is -2.37. The number of alkyl halides is 3. The van der Waals surface area contributed by atoms with E-state index in [1.165, 1.54) is 27.2 Å². The lowest BCUT2D eigenvalue weighted by molar-refractivity contribution is -0.140. The highest BCUT2D eigenvalue weighted by Gasteiger charge is 2.63. The lowest BCUT2D eigenvalue weighted by Crippen LogP contribution is -2.61. The Bertz CT molecular complexity index is 2200. The molecule has 4 aliphatic rings. The van der Waals surface area contributed by atoms with Crippen molar-refractivity contribution in [3.05, 3.63) is 40.4 Å². The summed E-state index contributed by atoms with van der Waals surface area (Å²) < 4.78 is 74.0. The second-order valence-electron chi connectivity index (χ2n) is 14.4. The molecule has 2 N–H and O–H groups in total. The molecule has 0 unspecified atom stereocenters. The van der Waals surface area contributed by atoms with Crippen LogP contribution in [0.2, 0.25) is 0 Å². The summed E-state index contributed by atoms with van der Waals surface area (Å²) in [6.45, 7) is 2.08. The van der Waals surface area contributed by atoms with Gasteiger partial charge in [-0.1, -0.05) is 12.2 Å². The lowest BCUT2D eigenvalue weighted by Gasteiger charge is -2.40. The minimum absolute atomic E-state index is 0.0357. The molecule has 292 valence electrons. The van der Waals surface area contributed by atoms with Crippen molar-refractivity contribution >= 4 is 50.5 Å². The first-order chi connectivity index (χ1) is 26.0. The zero-order chi connectivity index (χ0) is 39.3. The Balaban J connectivity index is 1.18. The van der Waals surface area contributed by atoms with E-state index in [0.717, 1.165) is 11.8 Å². The number of thiazole rings is 2. The number of halogens is 3. The smallest absolute Gasteiger partial charge is 0.434 e. The van der Waals surface area contributed by atoms with Crippen LogP contribution in [0.3, 0.4) is 0 Å².